The third kappa shape index (κ3) is 2.40. The van der Waals surface area contributed by atoms with Gasteiger partial charge in [-0.25, -0.2) is 0 Å². The van der Waals surface area contributed by atoms with E-state index in [1.165, 1.54) is 11.1 Å². The molecule has 1 heterocycles. The minimum atomic E-state index is -0.303. The van der Waals surface area contributed by atoms with Gasteiger partial charge in [-0.3, -0.25) is 4.79 Å². The van der Waals surface area contributed by atoms with Gasteiger partial charge >= 0.3 is 0 Å². The van der Waals surface area contributed by atoms with E-state index in [1.54, 1.807) is 0 Å². The SMILES string of the molecule is C/C=C/CC(=O)N1CCC2(CC1)c1ccccc1C[C@@H]2O. The number of amides is 1. The van der Waals surface area contributed by atoms with Crippen molar-refractivity contribution >= 4 is 5.91 Å². The topological polar surface area (TPSA) is 40.5 Å². The molecule has 21 heavy (non-hydrogen) atoms. The first-order chi connectivity index (χ1) is 10.2. The van der Waals surface area contributed by atoms with Crippen LogP contribution in [0, 0.1) is 0 Å². The second kappa shape index (κ2) is 5.64. The number of aliphatic hydroxyl groups excluding tert-OH is 1. The van der Waals surface area contributed by atoms with Gasteiger partial charge in [0.15, 0.2) is 0 Å². The molecule has 0 radical (unpaired) electrons. The molecule has 0 bridgehead atoms. The summed E-state index contributed by atoms with van der Waals surface area (Å²) in [5, 5.41) is 10.6. The maximum absolute atomic E-state index is 12.1. The number of piperidine rings is 1. The van der Waals surface area contributed by atoms with Crippen molar-refractivity contribution in [1.82, 2.24) is 4.90 Å². The van der Waals surface area contributed by atoms with E-state index in [9.17, 15) is 9.90 Å². The van der Waals surface area contributed by atoms with E-state index in [4.69, 9.17) is 0 Å². The van der Waals surface area contributed by atoms with Crippen LogP contribution in [0.3, 0.4) is 0 Å². The van der Waals surface area contributed by atoms with Crippen LogP contribution in [-0.4, -0.2) is 35.1 Å². The number of hydrogen-bond donors (Lipinski definition) is 1. The summed E-state index contributed by atoms with van der Waals surface area (Å²) in [5.41, 5.74) is 2.45. The van der Waals surface area contributed by atoms with Crippen LogP contribution in [0.15, 0.2) is 36.4 Å². The lowest BCUT2D eigenvalue weighted by Gasteiger charge is -2.42. The minimum Gasteiger partial charge on any atom is -0.392 e. The Balaban J connectivity index is 1.74. The van der Waals surface area contributed by atoms with Gasteiger partial charge in [-0.2, -0.15) is 0 Å². The van der Waals surface area contributed by atoms with E-state index in [0.717, 1.165) is 32.4 Å². The molecule has 0 unspecified atom stereocenters. The zero-order chi connectivity index (χ0) is 14.9. The summed E-state index contributed by atoms with van der Waals surface area (Å²) in [6, 6.07) is 8.38. The Morgan fingerprint density at radius 2 is 2.10 bits per heavy atom. The Kier molecular flexibility index (Phi) is 3.85. The van der Waals surface area contributed by atoms with Crippen LogP contribution in [-0.2, 0) is 16.6 Å². The molecule has 112 valence electrons. The fourth-order valence-electron chi connectivity index (χ4n) is 3.87. The highest BCUT2D eigenvalue weighted by atomic mass is 16.3. The third-order valence-electron chi connectivity index (χ3n) is 5.14. The molecule has 1 N–H and O–H groups in total. The van der Waals surface area contributed by atoms with E-state index < -0.39 is 0 Å². The molecule has 1 atom stereocenters. The number of nitrogens with zero attached hydrogens (tertiary/aromatic N) is 1. The molecule has 0 aromatic heterocycles. The quantitative estimate of drug-likeness (QED) is 0.848. The molecule has 3 nitrogen and oxygen atoms in total. The number of aliphatic hydroxyl groups is 1. The lowest BCUT2D eigenvalue weighted by molar-refractivity contribution is -0.132. The number of allylic oxidation sites excluding steroid dienone is 1. The molecule has 1 aromatic rings. The van der Waals surface area contributed by atoms with Crippen LogP contribution in [0.5, 0.6) is 0 Å². The van der Waals surface area contributed by atoms with Crippen molar-refractivity contribution in [2.24, 2.45) is 0 Å². The maximum Gasteiger partial charge on any atom is 0.226 e. The molecular weight excluding hydrogens is 262 g/mol. The zero-order valence-electron chi connectivity index (χ0n) is 12.6. The average molecular weight is 285 g/mol. The van der Waals surface area contributed by atoms with Gasteiger partial charge in [0, 0.05) is 24.9 Å². The van der Waals surface area contributed by atoms with Crippen molar-refractivity contribution in [3.8, 4) is 0 Å². The highest BCUT2D eigenvalue weighted by molar-refractivity contribution is 5.77. The number of likely N-dealkylation sites (tertiary alicyclic amines) is 1. The van der Waals surface area contributed by atoms with E-state index in [-0.39, 0.29) is 17.4 Å². The Morgan fingerprint density at radius 1 is 1.38 bits per heavy atom. The summed E-state index contributed by atoms with van der Waals surface area (Å²) in [6.45, 7) is 3.44. The summed E-state index contributed by atoms with van der Waals surface area (Å²) >= 11 is 0. The summed E-state index contributed by atoms with van der Waals surface area (Å²) in [6.07, 6.45) is 6.50. The zero-order valence-corrected chi connectivity index (χ0v) is 12.6. The molecule has 2 aliphatic rings. The molecule has 0 saturated carbocycles. The summed E-state index contributed by atoms with van der Waals surface area (Å²) < 4.78 is 0. The average Bonchev–Trinajstić information content (AvgIpc) is 2.78. The normalized spacial score (nSPS) is 23.7. The first kappa shape index (κ1) is 14.3. The van der Waals surface area contributed by atoms with Crippen LogP contribution >= 0.6 is 0 Å². The standard InChI is InChI=1S/C18H23NO2/c1-2-3-8-17(21)19-11-9-18(10-12-19)15-7-5-4-6-14(15)13-16(18)20/h2-7,16,20H,8-13H2,1H3/b3-2+/t16-/m0/s1. The van der Waals surface area contributed by atoms with Gasteiger partial charge in [0.05, 0.1) is 6.10 Å². The molecule has 3 heteroatoms. The number of hydrogen-bond acceptors (Lipinski definition) is 2. The van der Waals surface area contributed by atoms with Crippen LogP contribution in [0.25, 0.3) is 0 Å². The number of rotatable bonds is 2. The van der Waals surface area contributed by atoms with Crippen molar-refractivity contribution in [3.63, 3.8) is 0 Å². The second-order valence-corrected chi connectivity index (χ2v) is 6.19. The van der Waals surface area contributed by atoms with Gasteiger partial charge in [0.25, 0.3) is 0 Å². The van der Waals surface area contributed by atoms with E-state index >= 15 is 0 Å². The van der Waals surface area contributed by atoms with Crippen LogP contribution in [0.2, 0.25) is 0 Å². The lowest BCUT2D eigenvalue weighted by atomic mass is 9.72. The molecule has 3 rings (SSSR count). The maximum atomic E-state index is 12.1. The first-order valence-corrected chi connectivity index (χ1v) is 7.83. The molecule has 1 saturated heterocycles. The molecular formula is C18H23NO2. The van der Waals surface area contributed by atoms with Crippen LogP contribution < -0.4 is 0 Å². The van der Waals surface area contributed by atoms with E-state index in [0.29, 0.717) is 6.42 Å². The van der Waals surface area contributed by atoms with Gasteiger partial charge in [0.2, 0.25) is 5.91 Å². The Bertz CT molecular complexity index is 556. The third-order valence-corrected chi connectivity index (χ3v) is 5.14. The van der Waals surface area contributed by atoms with E-state index in [2.05, 4.69) is 18.2 Å². The molecule has 1 fully saturated rings. The number of carbonyl (C=O) groups excluding carboxylic acids is 1. The molecule has 1 aromatic carbocycles. The van der Waals surface area contributed by atoms with Crippen molar-refractivity contribution in [3.05, 3.63) is 47.5 Å². The number of benzene rings is 1. The number of fused-ring (bicyclic) bond motifs is 2. The summed E-state index contributed by atoms with van der Waals surface area (Å²) in [4.78, 5) is 14.0. The Morgan fingerprint density at radius 3 is 2.81 bits per heavy atom. The summed E-state index contributed by atoms with van der Waals surface area (Å²) in [5.74, 6) is 0.198. The predicted molar refractivity (Wildman–Crippen MR) is 83.1 cm³/mol. The van der Waals surface area contributed by atoms with Gasteiger partial charge < -0.3 is 10.0 Å². The van der Waals surface area contributed by atoms with Gasteiger partial charge in [-0.15, -0.1) is 0 Å². The fraction of sp³-hybridized carbons (Fsp3) is 0.500. The van der Waals surface area contributed by atoms with Crippen molar-refractivity contribution < 1.29 is 9.90 Å². The van der Waals surface area contributed by atoms with Gasteiger partial charge in [0.1, 0.15) is 0 Å². The Labute approximate surface area is 126 Å². The van der Waals surface area contributed by atoms with Crippen LogP contribution in [0.1, 0.15) is 37.3 Å². The molecule has 1 amide bonds. The van der Waals surface area contributed by atoms with Crippen molar-refractivity contribution in [1.29, 1.82) is 0 Å². The first-order valence-electron chi connectivity index (χ1n) is 7.83. The second-order valence-electron chi connectivity index (χ2n) is 6.19. The lowest BCUT2D eigenvalue weighted by Crippen LogP contribution is -2.48. The Hall–Kier alpha value is -1.61. The number of carbonyl (C=O) groups is 1. The van der Waals surface area contributed by atoms with Crippen LogP contribution in [0.4, 0.5) is 0 Å². The summed E-state index contributed by atoms with van der Waals surface area (Å²) in [7, 11) is 0. The minimum absolute atomic E-state index is 0.131. The molecule has 1 aliphatic heterocycles. The van der Waals surface area contributed by atoms with Crippen molar-refractivity contribution in [2.75, 3.05) is 13.1 Å². The largest absolute Gasteiger partial charge is 0.392 e. The smallest absolute Gasteiger partial charge is 0.226 e. The van der Waals surface area contributed by atoms with Crippen molar-refractivity contribution in [2.45, 2.75) is 44.1 Å². The molecule has 1 aliphatic carbocycles. The monoisotopic (exact) mass is 285 g/mol. The van der Waals surface area contributed by atoms with Gasteiger partial charge in [-0.05, 0) is 37.3 Å². The predicted octanol–water partition coefficient (Wildman–Crippen LogP) is 2.43. The van der Waals surface area contributed by atoms with E-state index in [1.807, 2.05) is 30.0 Å². The highest BCUT2D eigenvalue weighted by Gasteiger charge is 2.47. The van der Waals surface area contributed by atoms with Gasteiger partial charge in [-0.1, -0.05) is 36.4 Å². The fourth-order valence-corrected chi connectivity index (χ4v) is 3.87. The molecule has 1 spiro atoms. The highest BCUT2D eigenvalue weighted by Crippen LogP contribution is 2.46.